The van der Waals surface area contributed by atoms with Gasteiger partial charge in [0.25, 0.3) is 0 Å². The van der Waals surface area contributed by atoms with Crippen LogP contribution in [0.15, 0.2) is 36.4 Å². The fraction of sp³-hybridized carbons (Fsp3) is 0.143. The van der Waals surface area contributed by atoms with Gasteiger partial charge in [-0.1, -0.05) is 45.7 Å². The monoisotopic (exact) mass is 328 g/mol. The summed E-state index contributed by atoms with van der Waals surface area (Å²) in [7, 11) is 0. The van der Waals surface area contributed by atoms with E-state index in [-0.39, 0.29) is 5.75 Å². The van der Waals surface area contributed by atoms with Crippen LogP contribution >= 0.6 is 27.5 Å². The molecule has 0 atom stereocenters. The number of hydrogen-bond donors (Lipinski definition) is 0. The predicted molar refractivity (Wildman–Crippen MR) is 75.3 cm³/mol. The summed E-state index contributed by atoms with van der Waals surface area (Å²) in [6, 6.07) is 10.2. The van der Waals surface area contributed by atoms with Crippen LogP contribution in [0, 0.1) is 12.7 Å². The Morgan fingerprint density at radius 3 is 2.72 bits per heavy atom. The molecule has 18 heavy (non-hydrogen) atoms. The number of halogens is 3. The van der Waals surface area contributed by atoms with Crippen LogP contribution in [0.25, 0.3) is 0 Å². The number of ether oxygens (including phenoxy) is 1. The largest absolute Gasteiger partial charge is 0.452 e. The van der Waals surface area contributed by atoms with Gasteiger partial charge in [-0.15, -0.1) is 0 Å². The Bertz CT molecular complexity index is 572. The van der Waals surface area contributed by atoms with E-state index in [1.807, 2.05) is 13.0 Å². The van der Waals surface area contributed by atoms with Gasteiger partial charge >= 0.3 is 0 Å². The highest BCUT2D eigenvalue weighted by Gasteiger charge is 2.12. The summed E-state index contributed by atoms with van der Waals surface area (Å²) in [4.78, 5) is 0. The quantitative estimate of drug-likeness (QED) is 0.678. The standard InChI is InChI=1S/C14H11BrClFO/c1-9-5-6-13(11(16)7-9)18-14-10(8-15)3-2-4-12(14)17/h2-7H,8H2,1H3. The van der Waals surface area contributed by atoms with Gasteiger partial charge in [-0.2, -0.15) is 0 Å². The van der Waals surface area contributed by atoms with E-state index in [9.17, 15) is 4.39 Å². The van der Waals surface area contributed by atoms with Crippen LogP contribution < -0.4 is 4.74 Å². The van der Waals surface area contributed by atoms with E-state index in [2.05, 4.69) is 15.9 Å². The lowest BCUT2D eigenvalue weighted by atomic mass is 10.2. The zero-order chi connectivity index (χ0) is 13.1. The minimum Gasteiger partial charge on any atom is -0.452 e. The summed E-state index contributed by atoms with van der Waals surface area (Å²) in [6.45, 7) is 1.93. The molecule has 0 N–H and O–H groups in total. The third-order valence-electron chi connectivity index (χ3n) is 2.49. The smallest absolute Gasteiger partial charge is 0.167 e. The highest BCUT2D eigenvalue weighted by molar-refractivity contribution is 9.08. The van der Waals surface area contributed by atoms with Crippen LogP contribution in [-0.4, -0.2) is 0 Å². The Hall–Kier alpha value is -1.06. The van der Waals surface area contributed by atoms with Crippen molar-refractivity contribution in [2.75, 3.05) is 0 Å². The van der Waals surface area contributed by atoms with Gasteiger partial charge in [-0.05, 0) is 30.7 Å². The molecule has 94 valence electrons. The van der Waals surface area contributed by atoms with Crippen molar-refractivity contribution in [2.45, 2.75) is 12.3 Å². The summed E-state index contributed by atoms with van der Waals surface area (Å²) in [5, 5.41) is 0.989. The van der Waals surface area contributed by atoms with Gasteiger partial charge in [0.05, 0.1) is 5.02 Å². The molecule has 2 aromatic carbocycles. The average molecular weight is 330 g/mol. The molecule has 1 nitrogen and oxygen atoms in total. The average Bonchev–Trinajstić information content (AvgIpc) is 2.34. The van der Waals surface area contributed by atoms with Crippen molar-refractivity contribution in [3.05, 3.63) is 58.4 Å². The van der Waals surface area contributed by atoms with E-state index >= 15 is 0 Å². The number of aryl methyl sites for hydroxylation is 1. The molecule has 0 radical (unpaired) electrons. The number of alkyl halides is 1. The fourth-order valence-electron chi connectivity index (χ4n) is 1.57. The topological polar surface area (TPSA) is 9.23 Å². The summed E-state index contributed by atoms with van der Waals surface area (Å²) in [5.74, 6) is 0.262. The number of para-hydroxylation sites is 1. The molecule has 0 fully saturated rings. The third kappa shape index (κ3) is 2.85. The van der Waals surface area contributed by atoms with Gasteiger partial charge in [0.15, 0.2) is 11.6 Å². The third-order valence-corrected chi connectivity index (χ3v) is 3.39. The molecule has 0 aromatic heterocycles. The van der Waals surface area contributed by atoms with Crippen LogP contribution in [0.3, 0.4) is 0 Å². The number of benzene rings is 2. The van der Waals surface area contributed by atoms with Crippen LogP contribution in [-0.2, 0) is 5.33 Å². The van der Waals surface area contributed by atoms with Gasteiger partial charge < -0.3 is 4.74 Å². The molecule has 0 aliphatic carbocycles. The lowest BCUT2D eigenvalue weighted by Crippen LogP contribution is -1.94. The van der Waals surface area contributed by atoms with E-state index in [1.165, 1.54) is 6.07 Å². The highest BCUT2D eigenvalue weighted by Crippen LogP contribution is 2.34. The van der Waals surface area contributed by atoms with Crippen LogP contribution in [0.2, 0.25) is 5.02 Å². The first-order valence-corrected chi connectivity index (χ1v) is 6.89. The predicted octanol–water partition coefficient (Wildman–Crippen LogP) is 5.47. The van der Waals surface area contributed by atoms with Gasteiger partial charge in [0, 0.05) is 10.9 Å². The first-order valence-electron chi connectivity index (χ1n) is 5.39. The maximum absolute atomic E-state index is 13.7. The van der Waals surface area contributed by atoms with Gasteiger partial charge in [-0.3, -0.25) is 0 Å². The van der Waals surface area contributed by atoms with Crippen molar-refractivity contribution in [1.82, 2.24) is 0 Å². The molecule has 0 aliphatic heterocycles. The minimum absolute atomic E-state index is 0.208. The number of rotatable bonds is 3. The molecule has 2 rings (SSSR count). The van der Waals surface area contributed by atoms with Crippen molar-refractivity contribution in [3.8, 4) is 11.5 Å². The molecule has 0 aliphatic rings. The molecule has 0 saturated carbocycles. The molecule has 0 saturated heterocycles. The van der Waals surface area contributed by atoms with Crippen molar-refractivity contribution < 1.29 is 9.13 Å². The van der Waals surface area contributed by atoms with Gasteiger partial charge in [0.1, 0.15) is 5.75 Å². The Morgan fingerprint density at radius 1 is 1.28 bits per heavy atom. The van der Waals surface area contributed by atoms with Crippen molar-refractivity contribution in [2.24, 2.45) is 0 Å². The van der Waals surface area contributed by atoms with Crippen LogP contribution in [0.5, 0.6) is 11.5 Å². The summed E-state index contributed by atoms with van der Waals surface area (Å²) in [5.41, 5.74) is 1.77. The van der Waals surface area contributed by atoms with Crippen LogP contribution in [0.4, 0.5) is 4.39 Å². The van der Waals surface area contributed by atoms with Gasteiger partial charge in [-0.25, -0.2) is 4.39 Å². The zero-order valence-corrected chi connectivity index (χ0v) is 12.1. The second-order valence-electron chi connectivity index (χ2n) is 3.90. The Balaban J connectivity index is 2.39. The zero-order valence-electron chi connectivity index (χ0n) is 9.71. The molecule has 0 spiro atoms. The molecule has 4 heteroatoms. The molecular weight excluding hydrogens is 319 g/mol. The molecule has 2 aromatic rings. The SMILES string of the molecule is Cc1ccc(Oc2c(F)cccc2CBr)c(Cl)c1. The number of hydrogen-bond acceptors (Lipinski definition) is 1. The summed E-state index contributed by atoms with van der Waals surface area (Å²) >= 11 is 9.37. The Kier molecular flexibility index (Phi) is 4.25. The van der Waals surface area contributed by atoms with E-state index in [0.717, 1.165) is 11.1 Å². The molecular formula is C14H11BrClFO. The van der Waals surface area contributed by atoms with E-state index in [0.29, 0.717) is 16.1 Å². The molecule has 0 unspecified atom stereocenters. The minimum atomic E-state index is -0.399. The maximum atomic E-state index is 13.7. The van der Waals surface area contributed by atoms with E-state index in [1.54, 1.807) is 24.3 Å². The molecule has 0 heterocycles. The normalized spacial score (nSPS) is 10.4. The van der Waals surface area contributed by atoms with E-state index in [4.69, 9.17) is 16.3 Å². The summed E-state index contributed by atoms with van der Waals surface area (Å²) < 4.78 is 19.3. The maximum Gasteiger partial charge on any atom is 0.167 e. The van der Waals surface area contributed by atoms with Gasteiger partial charge in [0.2, 0.25) is 0 Å². The first kappa shape index (κ1) is 13.4. The van der Waals surface area contributed by atoms with Crippen molar-refractivity contribution >= 4 is 27.5 Å². The first-order chi connectivity index (χ1) is 8.61. The lowest BCUT2D eigenvalue weighted by molar-refractivity contribution is 0.438. The Morgan fingerprint density at radius 2 is 2.06 bits per heavy atom. The van der Waals surface area contributed by atoms with Crippen molar-refractivity contribution in [3.63, 3.8) is 0 Å². The van der Waals surface area contributed by atoms with Crippen molar-refractivity contribution in [1.29, 1.82) is 0 Å². The molecule has 0 amide bonds. The second-order valence-corrected chi connectivity index (χ2v) is 4.87. The fourth-order valence-corrected chi connectivity index (χ4v) is 2.29. The molecule has 0 bridgehead atoms. The summed E-state index contributed by atoms with van der Waals surface area (Å²) in [6.07, 6.45) is 0. The second kappa shape index (κ2) is 5.72. The van der Waals surface area contributed by atoms with Crippen LogP contribution in [0.1, 0.15) is 11.1 Å². The highest BCUT2D eigenvalue weighted by atomic mass is 79.9. The lowest BCUT2D eigenvalue weighted by Gasteiger charge is -2.12. The van der Waals surface area contributed by atoms with E-state index < -0.39 is 5.82 Å². The Labute approximate surface area is 119 Å².